The maximum absolute atomic E-state index is 12.3. The quantitative estimate of drug-likeness (QED) is 0.250. The van der Waals surface area contributed by atoms with Crippen LogP contribution in [0.4, 0.5) is 11.4 Å². The molecule has 2 rings (SSSR count). The first-order valence-corrected chi connectivity index (χ1v) is 6.91. The fourth-order valence-electron chi connectivity index (χ4n) is 2.02. The van der Waals surface area contributed by atoms with Gasteiger partial charge in [0.05, 0.1) is 24.4 Å². The number of amides is 2. The number of amidine groups is 1. The van der Waals surface area contributed by atoms with Crippen LogP contribution in [-0.2, 0) is 14.3 Å². The third-order valence-electron chi connectivity index (χ3n) is 3.01. The summed E-state index contributed by atoms with van der Waals surface area (Å²) < 4.78 is 4.89. The molecule has 1 aromatic carbocycles. The summed E-state index contributed by atoms with van der Waals surface area (Å²) in [5, 5.41) is 15.0. The number of aliphatic imine (C=N–C) groups is 1. The molecule has 0 spiro atoms. The molecule has 1 aromatic rings. The van der Waals surface area contributed by atoms with Gasteiger partial charge in [0.1, 0.15) is 0 Å². The van der Waals surface area contributed by atoms with Crippen LogP contribution in [0.5, 0.6) is 0 Å². The summed E-state index contributed by atoms with van der Waals surface area (Å²) in [5.74, 6) is -0.520. The fourth-order valence-corrected chi connectivity index (χ4v) is 2.02. The smallest absolute Gasteiger partial charge is 0.877 e. The monoisotopic (exact) mass is 356 g/mol. The van der Waals surface area contributed by atoms with E-state index in [-0.39, 0.29) is 68.7 Å². The molecule has 2 amide bonds. The van der Waals surface area contributed by atoms with E-state index in [4.69, 9.17) is 4.74 Å². The van der Waals surface area contributed by atoms with E-state index >= 15 is 0 Å². The molecule has 8 nitrogen and oxygen atoms in total. The fraction of sp³-hybridized carbons (Fsp3) is 0.267. The molecule has 0 bridgehead atoms. The number of nitrogens with zero attached hydrogens (tertiary/aromatic N) is 2. The van der Waals surface area contributed by atoms with Gasteiger partial charge in [-0.1, -0.05) is 6.07 Å². The summed E-state index contributed by atoms with van der Waals surface area (Å²) in [4.78, 5) is 27.6. The number of carbonyl (C=O) groups is 2. The van der Waals surface area contributed by atoms with Gasteiger partial charge < -0.3 is 15.2 Å². The van der Waals surface area contributed by atoms with Crippen molar-refractivity contribution in [2.75, 3.05) is 30.6 Å². The Morgan fingerprint density at radius 2 is 2.25 bits per heavy atom. The largest absolute Gasteiger partial charge is 1.00 e. The summed E-state index contributed by atoms with van der Waals surface area (Å²) in [6.07, 6.45) is 0.471. The molecule has 0 unspecified atom stereocenters. The van der Waals surface area contributed by atoms with Crippen LogP contribution in [0.15, 0.2) is 41.1 Å². The Hall–Kier alpha value is -1.23. The molecular formula is C15H17KN4O4. The Labute approximate surface area is 182 Å². The Balaban J connectivity index is 0.00000288. The van der Waals surface area contributed by atoms with Crippen molar-refractivity contribution in [3.63, 3.8) is 0 Å². The summed E-state index contributed by atoms with van der Waals surface area (Å²) in [5.41, 5.74) is 3.77. The van der Waals surface area contributed by atoms with E-state index in [1.54, 1.807) is 24.3 Å². The number of carbonyl (C=O) groups excluding carboxylic acids is 2. The molecule has 0 radical (unpaired) electrons. The Bertz CT molecular complexity index is 675. The van der Waals surface area contributed by atoms with Crippen LogP contribution in [0, 0.1) is 0 Å². The Kier molecular flexibility index (Phi) is 8.60. The zero-order valence-corrected chi connectivity index (χ0v) is 17.0. The number of benzene rings is 1. The third-order valence-corrected chi connectivity index (χ3v) is 3.01. The van der Waals surface area contributed by atoms with Crippen LogP contribution in [-0.4, -0.2) is 37.9 Å². The average molecular weight is 356 g/mol. The van der Waals surface area contributed by atoms with Crippen molar-refractivity contribution in [2.45, 2.75) is 6.92 Å². The van der Waals surface area contributed by atoms with Gasteiger partial charge in [-0.2, -0.15) is 0 Å². The van der Waals surface area contributed by atoms with Gasteiger partial charge in [-0.05, 0) is 18.2 Å². The zero-order valence-electron chi connectivity index (χ0n) is 13.8. The standard InChI is InChI=1S/C15H18N4O4.K/c1-10(21)17-11-4-3-5-12(8-11)19-15(22)13(9-20)14(18-19)16-6-7-23-2;/h3-5,8-9,20H,6-7H2,1-2H3,(H,16,18)(H,17,21);/q;+1/p-1/b13-9-;. The minimum absolute atomic E-state index is 0. The van der Waals surface area contributed by atoms with Crippen LogP contribution in [0.25, 0.3) is 0 Å². The van der Waals surface area contributed by atoms with Gasteiger partial charge in [0.2, 0.25) is 5.91 Å². The molecule has 0 saturated carbocycles. The van der Waals surface area contributed by atoms with Crippen LogP contribution < -0.4 is 72.2 Å². The number of methoxy groups -OCH3 is 1. The summed E-state index contributed by atoms with van der Waals surface area (Å²) in [7, 11) is 1.54. The second kappa shape index (κ2) is 9.92. The van der Waals surface area contributed by atoms with Crippen molar-refractivity contribution in [1.29, 1.82) is 0 Å². The molecule has 0 aliphatic carbocycles. The van der Waals surface area contributed by atoms with Crippen molar-refractivity contribution >= 4 is 29.0 Å². The number of hydrazine groups is 1. The first-order valence-electron chi connectivity index (χ1n) is 6.91. The van der Waals surface area contributed by atoms with Gasteiger partial charge in [-0.3, -0.25) is 20.0 Å². The normalized spacial score (nSPS) is 16.9. The molecule has 9 heteroatoms. The van der Waals surface area contributed by atoms with Crippen molar-refractivity contribution in [2.24, 2.45) is 4.99 Å². The van der Waals surface area contributed by atoms with Gasteiger partial charge in [0.15, 0.2) is 5.84 Å². The topological polar surface area (TPSA) is 106 Å². The maximum Gasteiger partial charge on any atom is 1.00 e. The Morgan fingerprint density at radius 1 is 1.50 bits per heavy atom. The SMILES string of the molecule is COCCN=C1NN(c2cccc(NC(C)=O)c2)C(=O)/C1=C\[O-].[K+]. The predicted octanol–water partition coefficient (Wildman–Crippen LogP) is -3.21. The molecule has 0 aromatic heterocycles. The molecule has 1 fully saturated rings. The van der Waals surface area contributed by atoms with E-state index < -0.39 is 5.91 Å². The van der Waals surface area contributed by atoms with Gasteiger partial charge in [0.25, 0.3) is 5.91 Å². The third kappa shape index (κ3) is 5.13. The summed E-state index contributed by atoms with van der Waals surface area (Å²) >= 11 is 0. The number of rotatable bonds is 5. The second-order valence-electron chi connectivity index (χ2n) is 4.74. The number of hydrogen-bond acceptors (Lipinski definition) is 5. The molecule has 1 aliphatic heterocycles. The number of hydrogen-bond donors (Lipinski definition) is 2. The second-order valence-corrected chi connectivity index (χ2v) is 4.74. The maximum atomic E-state index is 12.3. The van der Waals surface area contributed by atoms with Gasteiger partial charge in [0, 0.05) is 19.7 Å². The van der Waals surface area contributed by atoms with Crippen molar-refractivity contribution < 1.29 is 70.8 Å². The van der Waals surface area contributed by atoms with Crippen molar-refractivity contribution in [3.8, 4) is 0 Å². The van der Waals surface area contributed by atoms with Gasteiger partial charge in [-0.15, -0.1) is 6.26 Å². The summed E-state index contributed by atoms with van der Waals surface area (Å²) in [6, 6.07) is 6.68. The molecule has 1 heterocycles. The van der Waals surface area contributed by atoms with Crippen LogP contribution >= 0.6 is 0 Å². The van der Waals surface area contributed by atoms with E-state index in [0.29, 0.717) is 30.8 Å². The summed E-state index contributed by atoms with van der Waals surface area (Å²) in [6.45, 7) is 2.09. The van der Waals surface area contributed by atoms with Crippen LogP contribution in [0.3, 0.4) is 0 Å². The average Bonchev–Trinajstić information content (AvgIpc) is 2.83. The van der Waals surface area contributed by atoms with Gasteiger partial charge in [-0.25, -0.2) is 5.01 Å². The van der Waals surface area contributed by atoms with E-state index in [1.165, 1.54) is 19.0 Å². The van der Waals surface area contributed by atoms with E-state index in [9.17, 15) is 14.7 Å². The van der Waals surface area contributed by atoms with E-state index in [0.717, 1.165) is 0 Å². The molecule has 0 atom stereocenters. The minimum Gasteiger partial charge on any atom is -0.877 e. The first-order chi connectivity index (χ1) is 11.1. The number of anilines is 2. The minimum atomic E-state index is -0.504. The predicted molar refractivity (Wildman–Crippen MR) is 83.6 cm³/mol. The molecular weight excluding hydrogens is 339 g/mol. The molecule has 1 saturated heterocycles. The first kappa shape index (κ1) is 20.8. The zero-order chi connectivity index (χ0) is 16.8. The van der Waals surface area contributed by atoms with Crippen molar-refractivity contribution in [1.82, 2.24) is 5.43 Å². The van der Waals surface area contributed by atoms with Crippen molar-refractivity contribution in [3.05, 3.63) is 36.1 Å². The number of ether oxygens (including phenoxy) is 1. The van der Waals surface area contributed by atoms with Crippen LogP contribution in [0.2, 0.25) is 0 Å². The number of nitrogens with one attached hydrogen (secondary N) is 2. The van der Waals surface area contributed by atoms with E-state index in [2.05, 4.69) is 15.7 Å². The molecule has 122 valence electrons. The van der Waals surface area contributed by atoms with Gasteiger partial charge >= 0.3 is 51.4 Å². The molecule has 2 N–H and O–H groups in total. The molecule has 24 heavy (non-hydrogen) atoms. The van der Waals surface area contributed by atoms with Crippen LogP contribution in [0.1, 0.15) is 6.92 Å². The van der Waals surface area contributed by atoms with E-state index in [1.807, 2.05) is 0 Å². The Morgan fingerprint density at radius 3 is 2.88 bits per heavy atom. The molecule has 1 aliphatic rings.